The molecular formula is C19H22N2O. The van der Waals surface area contributed by atoms with Crippen LogP contribution in [-0.4, -0.2) is 25.5 Å². The summed E-state index contributed by atoms with van der Waals surface area (Å²) in [6, 6.07) is 18.6. The summed E-state index contributed by atoms with van der Waals surface area (Å²) in [7, 11) is 4.11. The molecule has 114 valence electrons. The summed E-state index contributed by atoms with van der Waals surface area (Å²) in [4.78, 5) is 6.94. The van der Waals surface area contributed by atoms with Gasteiger partial charge in [-0.3, -0.25) is 4.99 Å². The molecule has 2 aromatic rings. The van der Waals surface area contributed by atoms with Crippen molar-refractivity contribution in [3.63, 3.8) is 0 Å². The zero-order chi connectivity index (χ0) is 15.7. The lowest BCUT2D eigenvalue weighted by atomic mass is 9.97. The second-order valence-electron chi connectivity index (χ2n) is 6.26. The van der Waals surface area contributed by atoms with Crippen molar-refractivity contribution in [1.29, 1.82) is 0 Å². The van der Waals surface area contributed by atoms with E-state index in [1.165, 1.54) is 0 Å². The lowest BCUT2D eigenvalue weighted by molar-refractivity contribution is -0.0158. The number of para-hydroxylation sites is 1. The molecule has 0 N–H and O–H groups in total. The van der Waals surface area contributed by atoms with E-state index in [2.05, 4.69) is 55.4 Å². The fraction of sp³-hybridized carbons (Fsp3) is 0.316. The minimum atomic E-state index is -0.505. The Morgan fingerprint density at radius 3 is 2.27 bits per heavy atom. The molecule has 0 bridgehead atoms. The minimum Gasteiger partial charge on any atom is -0.377 e. The Morgan fingerprint density at radius 1 is 0.955 bits per heavy atom. The Kier molecular flexibility index (Phi) is 3.75. The fourth-order valence-corrected chi connectivity index (χ4v) is 2.87. The van der Waals surface area contributed by atoms with Crippen LogP contribution in [0.1, 0.15) is 31.1 Å². The van der Waals surface area contributed by atoms with Gasteiger partial charge in [-0.15, -0.1) is 0 Å². The van der Waals surface area contributed by atoms with Crippen LogP contribution in [0.5, 0.6) is 0 Å². The van der Waals surface area contributed by atoms with Crippen LogP contribution in [0.3, 0.4) is 0 Å². The third-order valence-electron chi connectivity index (χ3n) is 3.81. The maximum Gasteiger partial charge on any atom is 0.155 e. The first-order valence-corrected chi connectivity index (χ1v) is 7.57. The number of ether oxygens (including phenoxy) is 1. The van der Waals surface area contributed by atoms with E-state index in [1.54, 1.807) is 0 Å². The van der Waals surface area contributed by atoms with E-state index in [-0.39, 0.29) is 6.10 Å². The van der Waals surface area contributed by atoms with Gasteiger partial charge in [-0.1, -0.05) is 48.5 Å². The Labute approximate surface area is 132 Å². The average molecular weight is 294 g/mol. The van der Waals surface area contributed by atoms with Gasteiger partial charge in [0.05, 0.1) is 5.71 Å². The van der Waals surface area contributed by atoms with Gasteiger partial charge in [0.2, 0.25) is 0 Å². The molecule has 0 aliphatic carbocycles. The van der Waals surface area contributed by atoms with Crippen molar-refractivity contribution in [1.82, 2.24) is 0 Å². The Balaban J connectivity index is 2.09. The zero-order valence-electron chi connectivity index (χ0n) is 13.6. The summed E-state index contributed by atoms with van der Waals surface area (Å²) in [5, 5.41) is 0. The summed E-state index contributed by atoms with van der Waals surface area (Å²) in [6.07, 6.45) is -0.143. The average Bonchev–Trinajstić information content (AvgIpc) is 2.84. The van der Waals surface area contributed by atoms with E-state index in [9.17, 15) is 0 Å². The van der Waals surface area contributed by atoms with Gasteiger partial charge in [-0.2, -0.15) is 0 Å². The highest BCUT2D eigenvalue weighted by atomic mass is 16.5. The van der Waals surface area contributed by atoms with Gasteiger partial charge in [-0.05, 0) is 25.5 Å². The lowest BCUT2D eigenvalue weighted by Crippen LogP contribution is -2.21. The molecule has 1 unspecified atom stereocenters. The van der Waals surface area contributed by atoms with Crippen LogP contribution < -0.4 is 4.90 Å². The normalized spacial score (nSPS) is 19.8. The molecule has 3 nitrogen and oxygen atoms in total. The number of hydrogen-bond acceptors (Lipinski definition) is 3. The maximum atomic E-state index is 6.26. The van der Waals surface area contributed by atoms with Gasteiger partial charge >= 0.3 is 0 Å². The molecule has 22 heavy (non-hydrogen) atoms. The molecule has 0 amide bonds. The van der Waals surface area contributed by atoms with E-state index >= 15 is 0 Å². The Hall–Kier alpha value is -2.13. The summed E-state index contributed by atoms with van der Waals surface area (Å²) in [5.74, 6) is 0. The van der Waals surface area contributed by atoms with Crippen LogP contribution in [0.2, 0.25) is 0 Å². The van der Waals surface area contributed by atoms with Gasteiger partial charge in [-0.25, -0.2) is 0 Å². The van der Waals surface area contributed by atoms with Crippen LogP contribution in [0.15, 0.2) is 59.6 Å². The zero-order valence-corrected chi connectivity index (χ0v) is 13.6. The van der Waals surface area contributed by atoms with Crippen LogP contribution in [0.25, 0.3) is 0 Å². The first-order chi connectivity index (χ1) is 10.5. The van der Waals surface area contributed by atoms with Gasteiger partial charge < -0.3 is 9.64 Å². The van der Waals surface area contributed by atoms with Crippen LogP contribution in [-0.2, 0) is 4.74 Å². The molecule has 0 spiro atoms. The molecule has 3 heteroatoms. The summed E-state index contributed by atoms with van der Waals surface area (Å²) in [6.45, 7) is 4.02. The van der Waals surface area contributed by atoms with Gasteiger partial charge in [0.1, 0.15) is 6.10 Å². The van der Waals surface area contributed by atoms with Crippen molar-refractivity contribution in [3.05, 3.63) is 65.7 Å². The van der Waals surface area contributed by atoms with E-state index < -0.39 is 5.72 Å². The van der Waals surface area contributed by atoms with Crippen molar-refractivity contribution >= 4 is 11.4 Å². The molecule has 3 rings (SSSR count). The second-order valence-corrected chi connectivity index (χ2v) is 6.26. The largest absolute Gasteiger partial charge is 0.377 e. The Bertz CT molecular complexity index is 690. The summed E-state index contributed by atoms with van der Waals surface area (Å²) in [5.41, 5.74) is 3.93. The van der Waals surface area contributed by atoms with Crippen molar-refractivity contribution in [2.75, 3.05) is 19.0 Å². The summed E-state index contributed by atoms with van der Waals surface area (Å²) >= 11 is 0. The first kappa shape index (κ1) is 14.8. The van der Waals surface area contributed by atoms with Crippen molar-refractivity contribution < 1.29 is 4.74 Å². The predicted octanol–water partition coefficient (Wildman–Crippen LogP) is 4.05. The molecule has 0 fully saturated rings. The summed E-state index contributed by atoms with van der Waals surface area (Å²) < 4.78 is 6.26. The number of rotatable bonds is 3. The molecule has 1 aliphatic rings. The van der Waals surface area contributed by atoms with Crippen molar-refractivity contribution in [2.45, 2.75) is 25.7 Å². The number of nitrogens with zero attached hydrogens (tertiary/aromatic N) is 2. The molecule has 0 radical (unpaired) electrons. The number of anilines is 1. The quantitative estimate of drug-likeness (QED) is 0.853. The van der Waals surface area contributed by atoms with E-state index in [1.807, 2.05) is 32.0 Å². The third-order valence-corrected chi connectivity index (χ3v) is 3.81. The highest BCUT2D eigenvalue weighted by Gasteiger charge is 2.37. The highest BCUT2D eigenvalue weighted by molar-refractivity contribution is 6.06. The standard InChI is InChI=1S/C19H22N2O/c1-19(2)20-17(14-10-6-5-7-11-14)18(22-19)15-12-8-9-13-16(15)21(3)4/h5-13,18H,1-4H3. The van der Waals surface area contributed by atoms with E-state index in [0.29, 0.717) is 0 Å². The van der Waals surface area contributed by atoms with E-state index in [0.717, 1.165) is 22.5 Å². The van der Waals surface area contributed by atoms with Crippen LogP contribution in [0.4, 0.5) is 5.69 Å². The lowest BCUT2D eigenvalue weighted by Gasteiger charge is -2.24. The molecular weight excluding hydrogens is 272 g/mol. The maximum absolute atomic E-state index is 6.26. The predicted molar refractivity (Wildman–Crippen MR) is 91.7 cm³/mol. The molecule has 0 saturated carbocycles. The fourth-order valence-electron chi connectivity index (χ4n) is 2.87. The van der Waals surface area contributed by atoms with Gasteiger partial charge in [0.25, 0.3) is 0 Å². The molecule has 2 aromatic carbocycles. The molecule has 0 saturated heterocycles. The van der Waals surface area contributed by atoms with Gasteiger partial charge in [0, 0.05) is 25.3 Å². The van der Waals surface area contributed by atoms with Crippen LogP contribution >= 0.6 is 0 Å². The minimum absolute atomic E-state index is 0.143. The van der Waals surface area contributed by atoms with Crippen molar-refractivity contribution in [3.8, 4) is 0 Å². The molecule has 0 aromatic heterocycles. The van der Waals surface area contributed by atoms with Gasteiger partial charge in [0.15, 0.2) is 5.72 Å². The molecule has 1 aliphatic heterocycles. The third kappa shape index (κ3) is 2.77. The smallest absolute Gasteiger partial charge is 0.155 e. The topological polar surface area (TPSA) is 24.8 Å². The second kappa shape index (κ2) is 5.58. The monoisotopic (exact) mass is 294 g/mol. The van der Waals surface area contributed by atoms with Crippen molar-refractivity contribution in [2.24, 2.45) is 4.99 Å². The molecule has 1 atom stereocenters. The SMILES string of the molecule is CN(C)c1ccccc1C1OC(C)(C)N=C1c1ccccc1. The first-order valence-electron chi connectivity index (χ1n) is 7.57. The number of aliphatic imine (C=N–C) groups is 1. The van der Waals surface area contributed by atoms with Crippen LogP contribution in [0, 0.1) is 0 Å². The number of benzene rings is 2. The highest BCUT2D eigenvalue weighted by Crippen LogP contribution is 2.39. The Morgan fingerprint density at radius 2 is 1.59 bits per heavy atom. The molecule has 1 heterocycles. The number of hydrogen-bond donors (Lipinski definition) is 0. The van der Waals surface area contributed by atoms with E-state index in [4.69, 9.17) is 9.73 Å².